The molecule has 6 nitrogen and oxygen atoms in total. The lowest BCUT2D eigenvalue weighted by Crippen LogP contribution is -2.46. The first-order valence-electron chi connectivity index (χ1n) is 4.54. The standard InChI is InChI=1S/C8H14O6/c9-7(5-1-11-3-13-5)8(10)6-2-12-4-14-6/h5-10H,1-4H2/t5-,6-,7-,8-/m1/s1. The first-order valence-corrected chi connectivity index (χ1v) is 4.54. The molecule has 0 radical (unpaired) electrons. The van der Waals surface area contributed by atoms with Crippen molar-refractivity contribution in [2.24, 2.45) is 0 Å². The van der Waals surface area contributed by atoms with Crippen molar-refractivity contribution in [3.8, 4) is 0 Å². The zero-order valence-corrected chi connectivity index (χ0v) is 7.67. The van der Waals surface area contributed by atoms with E-state index in [2.05, 4.69) is 0 Å². The minimum Gasteiger partial charge on any atom is -0.387 e. The fourth-order valence-electron chi connectivity index (χ4n) is 1.53. The molecule has 2 fully saturated rings. The van der Waals surface area contributed by atoms with Gasteiger partial charge in [0.15, 0.2) is 0 Å². The van der Waals surface area contributed by atoms with Gasteiger partial charge in [-0.1, -0.05) is 0 Å². The highest BCUT2D eigenvalue weighted by Gasteiger charge is 2.37. The van der Waals surface area contributed by atoms with Crippen LogP contribution in [0.15, 0.2) is 0 Å². The Kier molecular flexibility index (Phi) is 3.32. The summed E-state index contributed by atoms with van der Waals surface area (Å²) in [5, 5.41) is 19.4. The zero-order chi connectivity index (χ0) is 9.97. The quantitative estimate of drug-likeness (QED) is 0.582. The van der Waals surface area contributed by atoms with E-state index < -0.39 is 24.4 Å². The predicted molar refractivity (Wildman–Crippen MR) is 43.4 cm³/mol. The van der Waals surface area contributed by atoms with Crippen LogP contribution in [0.1, 0.15) is 0 Å². The van der Waals surface area contributed by atoms with E-state index in [1.54, 1.807) is 0 Å². The topological polar surface area (TPSA) is 77.4 Å². The molecule has 0 aliphatic carbocycles. The fourth-order valence-corrected chi connectivity index (χ4v) is 1.53. The molecule has 0 aromatic rings. The lowest BCUT2D eigenvalue weighted by molar-refractivity contribution is -0.109. The molecule has 2 N–H and O–H groups in total. The van der Waals surface area contributed by atoms with Gasteiger partial charge >= 0.3 is 0 Å². The normalized spacial score (nSPS) is 37.3. The van der Waals surface area contributed by atoms with Crippen LogP contribution in [-0.2, 0) is 18.9 Å². The van der Waals surface area contributed by atoms with Crippen molar-refractivity contribution in [3.05, 3.63) is 0 Å². The van der Waals surface area contributed by atoms with Crippen LogP contribution in [0.3, 0.4) is 0 Å². The lowest BCUT2D eigenvalue weighted by Gasteiger charge is -2.24. The second-order valence-corrected chi connectivity index (χ2v) is 3.37. The van der Waals surface area contributed by atoms with Crippen LogP contribution < -0.4 is 0 Å². The van der Waals surface area contributed by atoms with Gasteiger partial charge in [-0.25, -0.2) is 0 Å². The van der Waals surface area contributed by atoms with E-state index in [0.29, 0.717) is 13.2 Å². The Balaban J connectivity index is 1.85. The van der Waals surface area contributed by atoms with Crippen LogP contribution in [0, 0.1) is 0 Å². The van der Waals surface area contributed by atoms with Gasteiger partial charge in [-0.15, -0.1) is 0 Å². The molecule has 2 saturated heterocycles. The molecule has 2 heterocycles. The molecule has 0 aromatic heterocycles. The zero-order valence-electron chi connectivity index (χ0n) is 7.67. The Bertz CT molecular complexity index is 155. The molecule has 2 aliphatic rings. The van der Waals surface area contributed by atoms with Gasteiger partial charge in [-0.3, -0.25) is 0 Å². The minimum atomic E-state index is -0.996. The van der Waals surface area contributed by atoms with Crippen molar-refractivity contribution >= 4 is 0 Å². The molecule has 4 atom stereocenters. The highest BCUT2D eigenvalue weighted by Crippen LogP contribution is 2.17. The maximum atomic E-state index is 9.69. The van der Waals surface area contributed by atoms with Gasteiger partial charge in [0.2, 0.25) is 0 Å². The first kappa shape index (κ1) is 10.3. The van der Waals surface area contributed by atoms with Crippen LogP contribution >= 0.6 is 0 Å². The molecule has 0 unspecified atom stereocenters. The molecular weight excluding hydrogens is 192 g/mol. The van der Waals surface area contributed by atoms with E-state index in [4.69, 9.17) is 18.9 Å². The summed E-state index contributed by atoms with van der Waals surface area (Å²) in [6, 6.07) is 0. The van der Waals surface area contributed by atoms with Crippen molar-refractivity contribution in [1.82, 2.24) is 0 Å². The second kappa shape index (κ2) is 4.52. The van der Waals surface area contributed by atoms with Crippen molar-refractivity contribution < 1.29 is 29.2 Å². The number of hydrogen-bond acceptors (Lipinski definition) is 6. The monoisotopic (exact) mass is 206 g/mol. The Morgan fingerprint density at radius 1 is 0.857 bits per heavy atom. The SMILES string of the molecule is O[C@@H]([C@H](O)[C@H]1COCO1)[C@H]1COCO1. The van der Waals surface area contributed by atoms with E-state index in [-0.39, 0.29) is 13.6 Å². The van der Waals surface area contributed by atoms with Crippen molar-refractivity contribution in [3.63, 3.8) is 0 Å². The van der Waals surface area contributed by atoms with Crippen LogP contribution in [0.25, 0.3) is 0 Å². The average Bonchev–Trinajstić information content (AvgIpc) is 2.87. The number of hydrogen-bond donors (Lipinski definition) is 2. The third-order valence-corrected chi connectivity index (χ3v) is 2.41. The van der Waals surface area contributed by atoms with Gasteiger partial charge < -0.3 is 29.2 Å². The van der Waals surface area contributed by atoms with Crippen molar-refractivity contribution in [1.29, 1.82) is 0 Å². The molecule has 2 rings (SSSR count). The number of aliphatic hydroxyl groups is 2. The van der Waals surface area contributed by atoms with Crippen LogP contribution in [-0.4, -0.2) is 61.4 Å². The van der Waals surface area contributed by atoms with Crippen molar-refractivity contribution in [2.45, 2.75) is 24.4 Å². The second-order valence-electron chi connectivity index (χ2n) is 3.37. The summed E-state index contributed by atoms with van der Waals surface area (Å²) >= 11 is 0. The molecule has 0 amide bonds. The molecule has 0 saturated carbocycles. The van der Waals surface area contributed by atoms with Gasteiger partial charge in [0.05, 0.1) is 13.2 Å². The van der Waals surface area contributed by atoms with Gasteiger partial charge in [-0.2, -0.15) is 0 Å². The highest BCUT2D eigenvalue weighted by atomic mass is 16.7. The maximum absolute atomic E-state index is 9.69. The molecule has 2 aliphatic heterocycles. The third-order valence-electron chi connectivity index (χ3n) is 2.41. The molecule has 0 bridgehead atoms. The van der Waals surface area contributed by atoms with Crippen LogP contribution in [0.4, 0.5) is 0 Å². The number of ether oxygens (including phenoxy) is 4. The molecule has 14 heavy (non-hydrogen) atoms. The first-order chi connectivity index (χ1) is 6.79. The Labute approximate surface area is 81.3 Å². The fraction of sp³-hybridized carbons (Fsp3) is 1.00. The summed E-state index contributed by atoms with van der Waals surface area (Å²) in [6.07, 6.45) is -2.95. The average molecular weight is 206 g/mol. The third kappa shape index (κ3) is 2.05. The molecule has 0 aromatic carbocycles. The van der Waals surface area contributed by atoms with Gasteiger partial charge in [-0.05, 0) is 0 Å². The van der Waals surface area contributed by atoms with Gasteiger partial charge in [0.25, 0.3) is 0 Å². The molecule has 0 spiro atoms. The Hall–Kier alpha value is -0.240. The lowest BCUT2D eigenvalue weighted by atomic mass is 10.0. The van der Waals surface area contributed by atoms with Crippen LogP contribution in [0.2, 0.25) is 0 Å². The van der Waals surface area contributed by atoms with E-state index in [0.717, 1.165) is 0 Å². The van der Waals surface area contributed by atoms with Crippen LogP contribution in [0.5, 0.6) is 0 Å². The maximum Gasteiger partial charge on any atom is 0.147 e. The molecular formula is C8H14O6. The van der Waals surface area contributed by atoms with E-state index in [9.17, 15) is 10.2 Å². The molecule has 82 valence electrons. The summed E-state index contributed by atoms with van der Waals surface area (Å²) < 4.78 is 20.0. The highest BCUT2D eigenvalue weighted by molar-refractivity contribution is 4.84. The number of rotatable bonds is 3. The summed E-state index contributed by atoms with van der Waals surface area (Å²) in [5.74, 6) is 0. The summed E-state index contributed by atoms with van der Waals surface area (Å²) in [6.45, 7) is 0.921. The van der Waals surface area contributed by atoms with E-state index >= 15 is 0 Å². The minimum absolute atomic E-state index is 0.163. The van der Waals surface area contributed by atoms with E-state index in [1.165, 1.54) is 0 Å². The van der Waals surface area contributed by atoms with Crippen molar-refractivity contribution in [2.75, 3.05) is 26.8 Å². The van der Waals surface area contributed by atoms with Gasteiger partial charge in [0, 0.05) is 0 Å². The summed E-state index contributed by atoms with van der Waals surface area (Å²) in [7, 11) is 0. The summed E-state index contributed by atoms with van der Waals surface area (Å²) in [4.78, 5) is 0. The Morgan fingerprint density at radius 3 is 1.57 bits per heavy atom. The Morgan fingerprint density at radius 2 is 1.29 bits per heavy atom. The smallest absolute Gasteiger partial charge is 0.147 e. The van der Waals surface area contributed by atoms with Gasteiger partial charge in [0.1, 0.15) is 38.0 Å². The summed E-state index contributed by atoms with van der Waals surface area (Å²) in [5.41, 5.74) is 0. The number of aliphatic hydroxyl groups excluding tert-OH is 2. The molecule has 6 heteroatoms. The van der Waals surface area contributed by atoms with E-state index in [1.807, 2.05) is 0 Å². The largest absolute Gasteiger partial charge is 0.387 e. The predicted octanol–water partition coefficient (Wildman–Crippen LogP) is -1.55.